The lowest BCUT2D eigenvalue weighted by Crippen LogP contribution is -2.47. The van der Waals surface area contributed by atoms with Crippen LogP contribution in [0.1, 0.15) is 64.2 Å². The topological polar surface area (TPSA) is 107 Å². The zero-order chi connectivity index (χ0) is 25.8. The number of carbonyl (C=O) groups is 1. The van der Waals surface area contributed by atoms with Gasteiger partial charge < -0.3 is 19.6 Å². The van der Waals surface area contributed by atoms with Gasteiger partial charge in [0.2, 0.25) is 15.9 Å². The van der Waals surface area contributed by atoms with E-state index in [9.17, 15) is 26.4 Å². The van der Waals surface area contributed by atoms with E-state index < -0.39 is 33.8 Å². The van der Waals surface area contributed by atoms with Crippen molar-refractivity contribution in [2.75, 3.05) is 13.1 Å². The number of amides is 1. The summed E-state index contributed by atoms with van der Waals surface area (Å²) < 4.78 is 73.3. The van der Waals surface area contributed by atoms with Crippen LogP contribution in [0.2, 0.25) is 0 Å². The number of ether oxygens (including phenoxy) is 2. The highest BCUT2D eigenvalue weighted by atomic mass is 32.2. The Bertz CT molecular complexity index is 1050. The van der Waals surface area contributed by atoms with Crippen molar-refractivity contribution in [3.63, 3.8) is 0 Å². The second-order valence-corrected chi connectivity index (χ2v) is 11.4. The van der Waals surface area contributed by atoms with Crippen LogP contribution >= 0.6 is 0 Å². The van der Waals surface area contributed by atoms with Gasteiger partial charge in [-0.1, -0.05) is 37.3 Å². The monoisotopic (exact) mass is 533 g/mol. The van der Waals surface area contributed by atoms with Gasteiger partial charge in [0.25, 0.3) is 0 Å². The molecule has 1 aromatic carbocycles. The number of halogens is 3. The van der Waals surface area contributed by atoms with Gasteiger partial charge in [-0.15, -0.1) is 13.2 Å². The number of rotatable bonds is 4. The molecule has 1 aromatic rings. The third-order valence-electron chi connectivity index (χ3n) is 6.78. The largest absolute Gasteiger partial charge is 0.573 e. The predicted molar refractivity (Wildman–Crippen MR) is 123 cm³/mol. The Balaban J connectivity index is 1.27. The van der Waals surface area contributed by atoms with Crippen LogP contribution in [0.3, 0.4) is 0 Å². The van der Waals surface area contributed by atoms with Gasteiger partial charge >= 0.3 is 12.5 Å². The first kappa shape index (κ1) is 26.5. The number of nitrogens with one attached hydrogen (secondary N) is 1. The van der Waals surface area contributed by atoms with E-state index in [1.165, 1.54) is 23.6 Å². The van der Waals surface area contributed by atoms with Gasteiger partial charge in [-0.3, -0.25) is 0 Å². The Kier molecular flexibility index (Phi) is 7.98. The van der Waals surface area contributed by atoms with Gasteiger partial charge in [0.15, 0.2) is 0 Å². The molecular weight excluding hydrogens is 503 g/mol. The number of piperidine rings is 1. The van der Waals surface area contributed by atoms with Crippen molar-refractivity contribution in [2.45, 2.75) is 87.1 Å². The molecule has 1 N–H and O–H groups in total. The van der Waals surface area contributed by atoms with Gasteiger partial charge in [0.05, 0.1) is 11.3 Å². The molecule has 2 heterocycles. The molecule has 36 heavy (non-hydrogen) atoms. The summed E-state index contributed by atoms with van der Waals surface area (Å²) in [5.41, 5.74) is -0.758. The smallest absolute Gasteiger partial charge is 0.406 e. The number of hydrogen-bond acceptors (Lipinski definition) is 7. The number of carbonyl (C=O) groups excluding carboxylic acids is 1. The van der Waals surface area contributed by atoms with Crippen LogP contribution in [0.5, 0.6) is 5.75 Å². The summed E-state index contributed by atoms with van der Waals surface area (Å²) >= 11 is 0. The van der Waals surface area contributed by atoms with Crippen molar-refractivity contribution in [1.29, 1.82) is 0 Å². The average Bonchev–Trinajstić information content (AvgIpc) is 3.16. The Labute approximate surface area is 208 Å². The number of oxime groups is 1. The first-order valence-corrected chi connectivity index (χ1v) is 13.6. The minimum Gasteiger partial charge on any atom is -0.406 e. The van der Waals surface area contributed by atoms with Gasteiger partial charge in [0.1, 0.15) is 11.4 Å². The molecule has 200 valence electrons. The van der Waals surface area contributed by atoms with E-state index in [1.807, 2.05) is 0 Å². The normalized spacial score (nSPS) is 21.7. The molecule has 13 heteroatoms. The second kappa shape index (κ2) is 10.8. The van der Waals surface area contributed by atoms with Crippen molar-refractivity contribution in [3.8, 4) is 5.75 Å². The minimum atomic E-state index is -4.86. The van der Waals surface area contributed by atoms with Gasteiger partial charge in [-0.05, 0) is 37.1 Å². The second-order valence-electron chi connectivity index (χ2n) is 9.44. The molecular formula is C23H30F3N3O6S. The highest BCUT2D eigenvalue weighted by molar-refractivity contribution is 7.89. The summed E-state index contributed by atoms with van der Waals surface area (Å²) in [5.74, 6) is -0.337. The zero-order valence-electron chi connectivity index (χ0n) is 19.8. The van der Waals surface area contributed by atoms with Crippen LogP contribution in [-0.2, 0) is 19.6 Å². The van der Waals surface area contributed by atoms with Crippen molar-refractivity contribution in [1.82, 2.24) is 9.62 Å². The first-order valence-electron chi connectivity index (χ1n) is 12.1. The molecule has 1 amide bonds. The number of nitrogens with zero attached hydrogens (tertiary/aromatic N) is 2. The zero-order valence-corrected chi connectivity index (χ0v) is 20.6. The maximum Gasteiger partial charge on any atom is 0.573 e. The summed E-state index contributed by atoms with van der Waals surface area (Å²) in [7, 11) is -3.92. The van der Waals surface area contributed by atoms with E-state index in [0.717, 1.165) is 49.9 Å². The van der Waals surface area contributed by atoms with Crippen molar-refractivity contribution in [2.24, 2.45) is 5.16 Å². The van der Waals surface area contributed by atoms with Crippen molar-refractivity contribution < 1.29 is 40.7 Å². The Morgan fingerprint density at radius 3 is 2.28 bits per heavy atom. The summed E-state index contributed by atoms with van der Waals surface area (Å²) in [5, 5.41) is 6.83. The molecule has 4 rings (SSSR count). The fourth-order valence-electron chi connectivity index (χ4n) is 4.81. The van der Waals surface area contributed by atoms with E-state index in [2.05, 4.69) is 15.2 Å². The summed E-state index contributed by atoms with van der Waals surface area (Å²) in [6, 6.07) is 4.17. The molecule has 2 fully saturated rings. The molecule has 0 aromatic heterocycles. The van der Waals surface area contributed by atoms with Crippen LogP contribution < -0.4 is 10.1 Å². The lowest BCUT2D eigenvalue weighted by atomic mass is 9.89. The Morgan fingerprint density at radius 2 is 1.67 bits per heavy atom. The molecule has 0 unspecified atom stereocenters. The van der Waals surface area contributed by atoms with E-state index in [4.69, 9.17) is 9.57 Å². The van der Waals surface area contributed by atoms with Gasteiger partial charge in [0, 0.05) is 32.0 Å². The summed E-state index contributed by atoms with van der Waals surface area (Å²) in [4.78, 5) is 17.8. The number of sulfonamides is 1. The van der Waals surface area contributed by atoms with Crippen LogP contribution in [0.25, 0.3) is 0 Å². The average molecular weight is 534 g/mol. The molecule has 1 aliphatic carbocycles. The van der Waals surface area contributed by atoms with Crippen molar-refractivity contribution in [3.05, 3.63) is 24.3 Å². The van der Waals surface area contributed by atoms with Crippen LogP contribution in [0.15, 0.2) is 34.3 Å². The third-order valence-corrected chi connectivity index (χ3v) is 8.69. The molecule has 1 spiro atoms. The highest BCUT2D eigenvalue weighted by Gasteiger charge is 2.45. The fourth-order valence-corrected chi connectivity index (χ4v) is 6.25. The Morgan fingerprint density at radius 1 is 1.06 bits per heavy atom. The third kappa shape index (κ3) is 6.81. The number of benzene rings is 1. The van der Waals surface area contributed by atoms with Crippen LogP contribution in [0.4, 0.5) is 18.0 Å². The molecule has 2 aliphatic heterocycles. The Hall–Kier alpha value is -2.54. The summed E-state index contributed by atoms with van der Waals surface area (Å²) in [6.45, 7) is 0.250. The lowest BCUT2D eigenvalue weighted by molar-refractivity contribution is -0.274. The quantitative estimate of drug-likeness (QED) is 0.602. The van der Waals surface area contributed by atoms with Gasteiger partial charge in [-0.2, -0.15) is 4.31 Å². The molecule has 3 aliphatic rings. The van der Waals surface area contributed by atoms with Gasteiger partial charge in [-0.25, -0.2) is 13.2 Å². The fraction of sp³-hybridized carbons (Fsp3) is 0.652. The van der Waals surface area contributed by atoms with Crippen LogP contribution in [0, 0.1) is 0 Å². The lowest BCUT2D eigenvalue weighted by Gasteiger charge is -2.36. The number of hydrogen-bond donors (Lipinski definition) is 1. The number of alkyl halides is 3. The molecule has 1 saturated carbocycles. The highest BCUT2D eigenvalue weighted by Crippen LogP contribution is 2.37. The molecule has 0 radical (unpaired) electrons. The SMILES string of the molecule is O=C(NC1CCCCCCC1)OC1=NOC2(CCN(S(=O)(=O)c3ccc(OC(F)(F)F)cc3)CC2)C1. The molecule has 9 nitrogen and oxygen atoms in total. The first-order chi connectivity index (χ1) is 17.0. The molecule has 0 atom stereocenters. The molecule has 0 bridgehead atoms. The number of alkyl carbamates (subject to hydrolysis) is 1. The maximum absolute atomic E-state index is 12.9. The standard InChI is InChI=1S/C23H30F3N3O6S/c24-23(25,26)34-18-8-10-19(11-9-18)36(31,32)29-14-12-22(13-15-29)16-20(28-35-22)33-21(30)27-17-6-4-2-1-3-5-7-17/h8-11,17H,1-7,12-16H2,(H,27,30). The minimum absolute atomic E-state index is 0.0808. The molecule has 1 saturated heterocycles. The van der Waals surface area contributed by atoms with Crippen LogP contribution in [-0.4, -0.2) is 55.8 Å². The van der Waals surface area contributed by atoms with E-state index in [1.54, 1.807) is 0 Å². The summed E-state index contributed by atoms with van der Waals surface area (Å²) in [6.07, 6.45) is 3.03. The van der Waals surface area contributed by atoms with E-state index >= 15 is 0 Å². The predicted octanol–water partition coefficient (Wildman–Crippen LogP) is 4.68. The van der Waals surface area contributed by atoms with E-state index in [0.29, 0.717) is 12.8 Å². The maximum atomic E-state index is 12.9. The van der Waals surface area contributed by atoms with E-state index in [-0.39, 0.29) is 36.3 Å². The van der Waals surface area contributed by atoms with Crippen molar-refractivity contribution >= 4 is 22.0 Å².